The van der Waals surface area contributed by atoms with Gasteiger partial charge in [0.2, 0.25) is 0 Å². The number of nitrogens with one attached hydrogen (secondary N) is 2. The number of anilines is 1. The van der Waals surface area contributed by atoms with Crippen LogP contribution in [0.4, 0.5) is 5.69 Å². The summed E-state index contributed by atoms with van der Waals surface area (Å²) in [6, 6.07) is 10.7. The molecule has 1 aliphatic rings. The van der Waals surface area contributed by atoms with E-state index in [9.17, 15) is 0 Å². The highest BCUT2D eigenvalue weighted by Crippen LogP contribution is 2.22. The lowest BCUT2D eigenvalue weighted by Crippen LogP contribution is -2.44. The number of hydrogen-bond donors (Lipinski definition) is 2. The van der Waals surface area contributed by atoms with Crippen molar-refractivity contribution < 1.29 is 4.52 Å². The number of rotatable bonds is 4. The predicted octanol–water partition coefficient (Wildman–Crippen LogP) is 3.31. The van der Waals surface area contributed by atoms with E-state index >= 15 is 0 Å². The van der Waals surface area contributed by atoms with Gasteiger partial charge in [0.05, 0.1) is 12.2 Å². The van der Waals surface area contributed by atoms with E-state index in [4.69, 9.17) is 4.52 Å². The molecule has 0 saturated carbocycles. The Morgan fingerprint density at radius 1 is 1.40 bits per heavy atom. The molecule has 0 aliphatic carbocycles. The van der Waals surface area contributed by atoms with Gasteiger partial charge in [0, 0.05) is 42.4 Å². The second kappa shape index (κ2) is 9.42. The van der Waals surface area contributed by atoms with Gasteiger partial charge in [0.25, 0.3) is 0 Å². The number of hydrogen-bond acceptors (Lipinski definition) is 4. The van der Waals surface area contributed by atoms with E-state index in [0.717, 1.165) is 41.4 Å². The van der Waals surface area contributed by atoms with Crippen LogP contribution in [0, 0.1) is 6.92 Å². The Balaban J connectivity index is 0.00000225. The molecule has 0 amide bonds. The molecule has 0 spiro atoms. The molecule has 6 nitrogen and oxygen atoms in total. The van der Waals surface area contributed by atoms with Crippen LogP contribution in [0.15, 0.2) is 44.3 Å². The van der Waals surface area contributed by atoms with E-state index in [0.29, 0.717) is 12.6 Å². The molecule has 2 aromatic rings. The minimum Gasteiger partial charge on any atom is -0.369 e. The molecule has 136 valence electrons. The summed E-state index contributed by atoms with van der Waals surface area (Å²) < 4.78 is 6.31. The first-order valence-corrected chi connectivity index (χ1v) is 8.83. The molecular weight excluding hydrogens is 497 g/mol. The van der Waals surface area contributed by atoms with Gasteiger partial charge >= 0.3 is 0 Å². The van der Waals surface area contributed by atoms with Crippen LogP contribution in [0.1, 0.15) is 17.9 Å². The van der Waals surface area contributed by atoms with Crippen molar-refractivity contribution in [2.45, 2.75) is 25.9 Å². The predicted molar refractivity (Wildman–Crippen MR) is 115 cm³/mol. The van der Waals surface area contributed by atoms with Crippen LogP contribution in [0.3, 0.4) is 0 Å². The fourth-order valence-electron chi connectivity index (χ4n) is 2.82. The highest BCUT2D eigenvalue weighted by molar-refractivity contribution is 14.0. The molecule has 1 aliphatic heterocycles. The van der Waals surface area contributed by atoms with Gasteiger partial charge in [0.15, 0.2) is 11.7 Å². The summed E-state index contributed by atoms with van der Waals surface area (Å²) in [5.74, 6) is 1.59. The maximum absolute atomic E-state index is 5.21. The van der Waals surface area contributed by atoms with Crippen molar-refractivity contribution in [1.29, 1.82) is 0 Å². The van der Waals surface area contributed by atoms with Crippen LogP contribution in [-0.2, 0) is 6.54 Å². The van der Waals surface area contributed by atoms with Crippen molar-refractivity contribution in [3.05, 3.63) is 46.3 Å². The molecule has 25 heavy (non-hydrogen) atoms. The van der Waals surface area contributed by atoms with Crippen molar-refractivity contribution in [3.8, 4) is 0 Å². The zero-order valence-electron chi connectivity index (χ0n) is 14.3. The molecule has 0 bridgehead atoms. The zero-order chi connectivity index (χ0) is 16.9. The summed E-state index contributed by atoms with van der Waals surface area (Å²) in [6.07, 6.45) is 1.08. The lowest BCUT2D eigenvalue weighted by molar-refractivity contribution is 0.376. The molecule has 1 atom stereocenters. The summed E-state index contributed by atoms with van der Waals surface area (Å²) in [4.78, 5) is 6.68. The van der Waals surface area contributed by atoms with Crippen molar-refractivity contribution in [2.24, 2.45) is 4.99 Å². The molecule has 1 saturated heterocycles. The van der Waals surface area contributed by atoms with Crippen LogP contribution < -0.4 is 15.5 Å². The number of aryl methyl sites for hydroxylation is 1. The summed E-state index contributed by atoms with van der Waals surface area (Å²) in [6.45, 7) is 4.49. The Kier molecular flexibility index (Phi) is 7.55. The van der Waals surface area contributed by atoms with Gasteiger partial charge in [-0.3, -0.25) is 4.99 Å². The summed E-state index contributed by atoms with van der Waals surface area (Å²) in [7, 11) is 1.78. The highest BCUT2D eigenvalue weighted by atomic mass is 127. The lowest BCUT2D eigenvalue weighted by Gasteiger charge is -2.20. The highest BCUT2D eigenvalue weighted by Gasteiger charge is 2.23. The van der Waals surface area contributed by atoms with Crippen molar-refractivity contribution in [2.75, 3.05) is 25.0 Å². The van der Waals surface area contributed by atoms with E-state index in [1.807, 2.05) is 13.0 Å². The monoisotopic (exact) mass is 519 g/mol. The third kappa shape index (κ3) is 5.60. The van der Waals surface area contributed by atoms with Crippen molar-refractivity contribution in [1.82, 2.24) is 15.8 Å². The maximum atomic E-state index is 5.21. The quantitative estimate of drug-likeness (QED) is 0.368. The third-order valence-electron chi connectivity index (χ3n) is 4.05. The van der Waals surface area contributed by atoms with Gasteiger partial charge in [0.1, 0.15) is 0 Å². The van der Waals surface area contributed by atoms with Gasteiger partial charge in [-0.15, -0.1) is 24.0 Å². The summed E-state index contributed by atoms with van der Waals surface area (Å²) in [5, 5.41) is 10.6. The number of halogens is 2. The van der Waals surface area contributed by atoms with Gasteiger partial charge in [-0.2, -0.15) is 0 Å². The molecule has 2 heterocycles. The molecule has 1 fully saturated rings. The number of aliphatic imine (C=N–C) groups is 1. The summed E-state index contributed by atoms with van der Waals surface area (Å²) in [5.41, 5.74) is 2.14. The van der Waals surface area contributed by atoms with E-state index in [1.54, 1.807) is 7.05 Å². The van der Waals surface area contributed by atoms with Crippen LogP contribution >= 0.6 is 39.9 Å². The van der Waals surface area contributed by atoms with E-state index < -0.39 is 0 Å². The molecule has 8 heteroatoms. The first-order chi connectivity index (χ1) is 11.6. The Morgan fingerprint density at radius 2 is 2.16 bits per heavy atom. The fraction of sp³-hybridized carbons (Fsp3) is 0.412. The van der Waals surface area contributed by atoms with Crippen LogP contribution in [-0.4, -0.2) is 37.3 Å². The zero-order valence-corrected chi connectivity index (χ0v) is 18.2. The molecule has 0 radical (unpaired) electrons. The van der Waals surface area contributed by atoms with Crippen LogP contribution in [0.25, 0.3) is 0 Å². The Hall–Kier alpha value is -1.29. The minimum absolute atomic E-state index is 0. The van der Waals surface area contributed by atoms with E-state index in [-0.39, 0.29) is 24.0 Å². The SMILES string of the molecule is CN=C(NCc1cc(C)no1)NC1CCN(c2ccc(Br)cc2)C1.I. The first kappa shape index (κ1) is 20.0. The Bertz CT molecular complexity index is 703. The van der Waals surface area contributed by atoms with E-state index in [1.165, 1.54) is 5.69 Å². The normalized spacial score (nSPS) is 17.3. The average molecular weight is 520 g/mol. The average Bonchev–Trinajstić information content (AvgIpc) is 3.21. The minimum atomic E-state index is 0. The summed E-state index contributed by atoms with van der Waals surface area (Å²) >= 11 is 3.48. The van der Waals surface area contributed by atoms with Crippen LogP contribution in [0.2, 0.25) is 0 Å². The largest absolute Gasteiger partial charge is 0.369 e. The molecule has 1 unspecified atom stereocenters. The lowest BCUT2D eigenvalue weighted by atomic mass is 10.2. The number of guanidine groups is 1. The molecule has 1 aromatic carbocycles. The van der Waals surface area contributed by atoms with Crippen LogP contribution in [0.5, 0.6) is 0 Å². The molecular formula is C17H23BrIN5O. The number of aromatic nitrogens is 1. The first-order valence-electron chi connectivity index (χ1n) is 8.04. The third-order valence-corrected chi connectivity index (χ3v) is 4.58. The smallest absolute Gasteiger partial charge is 0.191 e. The van der Waals surface area contributed by atoms with Crippen molar-refractivity contribution in [3.63, 3.8) is 0 Å². The van der Waals surface area contributed by atoms with Crippen molar-refractivity contribution >= 4 is 51.6 Å². The van der Waals surface area contributed by atoms with Gasteiger partial charge < -0.3 is 20.1 Å². The van der Waals surface area contributed by atoms with Gasteiger partial charge in [-0.1, -0.05) is 21.1 Å². The topological polar surface area (TPSA) is 65.7 Å². The second-order valence-electron chi connectivity index (χ2n) is 5.91. The standard InChI is InChI=1S/C17H22BrN5O.HI/c1-12-9-16(24-22-12)10-20-17(19-2)21-14-7-8-23(11-14)15-5-3-13(18)4-6-15;/h3-6,9,14H,7-8,10-11H2,1-2H3,(H2,19,20,21);1H. The van der Waals surface area contributed by atoms with Gasteiger partial charge in [-0.25, -0.2) is 0 Å². The molecule has 1 aromatic heterocycles. The number of benzene rings is 1. The molecule has 2 N–H and O–H groups in total. The van der Waals surface area contributed by atoms with E-state index in [2.05, 4.69) is 65.9 Å². The fourth-order valence-corrected chi connectivity index (χ4v) is 3.09. The van der Waals surface area contributed by atoms with Gasteiger partial charge in [-0.05, 0) is 37.6 Å². The second-order valence-corrected chi connectivity index (χ2v) is 6.83. The maximum Gasteiger partial charge on any atom is 0.191 e. The number of nitrogens with zero attached hydrogens (tertiary/aromatic N) is 3. The molecule has 3 rings (SSSR count). The Labute approximate surface area is 173 Å². The Morgan fingerprint density at radius 3 is 2.80 bits per heavy atom.